The van der Waals surface area contributed by atoms with Crippen LogP contribution in [0.1, 0.15) is 64.9 Å². The fourth-order valence-electron chi connectivity index (χ4n) is 8.98. The van der Waals surface area contributed by atoms with E-state index in [9.17, 15) is 9.59 Å². The number of hydrogen-bond donors (Lipinski definition) is 0. The molecule has 4 heterocycles. The number of piperidine rings is 1. The van der Waals surface area contributed by atoms with E-state index in [4.69, 9.17) is 23.7 Å². The van der Waals surface area contributed by atoms with Crippen molar-refractivity contribution in [3.05, 3.63) is 11.6 Å². The maximum absolute atomic E-state index is 12.5. The van der Waals surface area contributed by atoms with Crippen LogP contribution in [0.15, 0.2) is 6.07 Å². The summed E-state index contributed by atoms with van der Waals surface area (Å²) in [6.07, 6.45) is 5.07. The zero-order valence-electron chi connectivity index (χ0n) is 23.2. The van der Waals surface area contributed by atoms with Gasteiger partial charge in [0.2, 0.25) is 5.75 Å². The highest BCUT2D eigenvalue weighted by Crippen LogP contribution is 2.69. The Hall–Kier alpha value is -2.68. The highest BCUT2D eigenvalue weighted by molar-refractivity contribution is 5.81. The highest BCUT2D eigenvalue weighted by Gasteiger charge is 2.72. The summed E-state index contributed by atoms with van der Waals surface area (Å²) in [6.45, 7) is 8.08. The molecule has 6 rings (SSSR count). The lowest BCUT2D eigenvalue weighted by Crippen LogP contribution is -2.71. The maximum atomic E-state index is 12.5. The predicted molar refractivity (Wildman–Crippen MR) is 140 cm³/mol. The summed E-state index contributed by atoms with van der Waals surface area (Å²) in [7, 11) is 3.34. The minimum absolute atomic E-state index is 0.146. The van der Waals surface area contributed by atoms with Gasteiger partial charge in [-0.2, -0.15) is 0 Å². The largest absolute Gasteiger partial charge is 0.493 e. The van der Waals surface area contributed by atoms with Gasteiger partial charge < -0.3 is 28.6 Å². The maximum Gasteiger partial charge on any atom is 0.302 e. The van der Waals surface area contributed by atoms with Gasteiger partial charge in [-0.15, -0.1) is 0 Å². The number of hydrogen-bond acceptors (Lipinski definition) is 9. The van der Waals surface area contributed by atoms with E-state index in [-0.39, 0.29) is 47.0 Å². The molecule has 0 aromatic heterocycles. The van der Waals surface area contributed by atoms with Crippen molar-refractivity contribution in [3.8, 4) is 17.2 Å². The fourth-order valence-corrected chi connectivity index (χ4v) is 8.98. The Kier molecular flexibility index (Phi) is 6.20. The van der Waals surface area contributed by atoms with Crippen LogP contribution in [0, 0.1) is 5.41 Å². The molecule has 6 unspecified atom stereocenters. The number of benzene rings is 1. The van der Waals surface area contributed by atoms with Crippen LogP contribution in [0.3, 0.4) is 0 Å². The predicted octanol–water partition coefficient (Wildman–Crippen LogP) is 3.44. The summed E-state index contributed by atoms with van der Waals surface area (Å²) >= 11 is 0. The molecule has 9 nitrogen and oxygen atoms in total. The van der Waals surface area contributed by atoms with Crippen LogP contribution in [-0.4, -0.2) is 81.6 Å². The van der Waals surface area contributed by atoms with Crippen LogP contribution in [-0.2, 0) is 24.5 Å². The Morgan fingerprint density at radius 3 is 2.63 bits per heavy atom. The first kappa shape index (κ1) is 25.6. The first-order chi connectivity index (χ1) is 18.3. The lowest BCUT2D eigenvalue weighted by atomic mass is 9.50. The van der Waals surface area contributed by atoms with E-state index in [1.54, 1.807) is 14.2 Å². The number of ether oxygens (including phenoxy) is 5. The number of nitrogens with zero attached hydrogens (tertiary/aromatic N) is 2. The van der Waals surface area contributed by atoms with Gasteiger partial charge in [0.1, 0.15) is 12.7 Å². The molecule has 38 heavy (non-hydrogen) atoms. The zero-order chi connectivity index (χ0) is 26.8. The van der Waals surface area contributed by atoms with Crippen LogP contribution in [0.2, 0.25) is 0 Å². The molecular weight excluding hydrogens is 488 g/mol. The molecule has 1 aromatic carbocycles. The second kappa shape index (κ2) is 9.21. The molecule has 2 saturated heterocycles. The second-order valence-electron chi connectivity index (χ2n) is 11.6. The lowest BCUT2D eigenvalue weighted by molar-refractivity contribution is -0.178. The van der Waals surface area contributed by atoms with Gasteiger partial charge >= 0.3 is 11.9 Å². The van der Waals surface area contributed by atoms with Crippen molar-refractivity contribution in [2.45, 2.75) is 88.9 Å². The third-order valence-corrected chi connectivity index (χ3v) is 10.1. The Balaban J connectivity index is 1.58. The molecule has 1 aliphatic carbocycles. The third-order valence-electron chi connectivity index (χ3n) is 10.1. The molecular formula is C29H40N2O7. The standard InChI is InChI=1S/C29H40N2O7/c1-6-19-16-37-26-24-20(14-21(34-4)25(26)35-5)29-9-12-30-11-7-8-28(27(29)30,10-13-36-17(2)32)23(38-18(3)33)15-22(29)31(19)24/h14,19,22-23,27H,6-13,15-16H2,1-5H3. The van der Waals surface area contributed by atoms with Crippen molar-refractivity contribution in [1.29, 1.82) is 0 Å². The van der Waals surface area contributed by atoms with Gasteiger partial charge in [0.15, 0.2) is 11.5 Å². The van der Waals surface area contributed by atoms with E-state index in [0.717, 1.165) is 56.6 Å². The van der Waals surface area contributed by atoms with Crippen molar-refractivity contribution in [2.24, 2.45) is 5.41 Å². The number of rotatable bonds is 7. The van der Waals surface area contributed by atoms with Crippen molar-refractivity contribution in [3.63, 3.8) is 0 Å². The molecule has 1 aromatic rings. The number of fused-ring (bicyclic) bond motifs is 1. The van der Waals surface area contributed by atoms with E-state index < -0.39 is 0 Å². The summed E-state index contributed by atoms with van der Waals surface area (Å²) in [5.41, 5.74) is 1.89. The normalized spacial score (nSPS) is 34.5. The minimum atomic E-state index is -0.316. The molecule has 3 fully saturated rings. The molecule has 1 spiro atoms. The molecule has 1 saturated carbocycles. The molecule has 0 bridgehead atoms. The zero-order valence-corrected chi connectivity index (χ0v) is 23.2. The van der Waals surface area contributed by atoms with E-state index in [1.807, 2.05) is 0 Å². The fraction of sp³-hybridized carbons (Fsp3) is 0.724. The Morgan fingerprint density at radius 2 is 1.95 bits per heavy atom. The molecule has 9 heteroatoms. The van der Waals surface area contributed by atoms with Gasteiger partial charge in [-0.05, 0) is 56.8 Å². The van der Waals surface area contributed by atoms with Crippen LogP contribution in [0.5, 0.6) is 17.2 Å². The number of anilines is 1. The van der Waals surface area contributed by atoms with E-state index in [2.05, 4.69) is 22.8 Å². The third kappa shape index (κ3) is 3.32. The van der Waals surface area contributed by atoms with E-state index in [0.29, 0.717) is 31.1 Å². The molecule has 6 atom stereocenters. The van der Waals surface area contributed by atoms with Crippen molar-refractivity contribution in [1.82, 2.24) is 4.90 Å². The number of carbonyl (C=O) groups excluding carboxylic acids is 2. The highest BCUT2D eigenvalue weighted by atomic mass is 16.6. The second-order valence-corrected chi connectivity index (χ2v) is 11.6. The smallest absolute Gasteiger partial charge is 0.302 e. The molecule has 0 N–H and O–H groups in total. The first-order valence-corrected chi connectivity index (χ1v) is 14.1. The van der Waals surface area contributed by atoms with Crippen LogP contribution in [0.4, 0.5) is 5.69 Å². The summed E-state index contributed by atoms with van der Waals surface area (Å²) in [5.74, 6) is 1.56. The number of esters is 2. The van der Waals surface area contributed by atoms with Gasteiger partial charge in [0.05, 0.1) is 32.6 Å². The Labute approximate surface area is 224 Å². The Morgan fingerprint density at radius 1 is 1.13 bits per heavy atom. The molecule has 208 valence electrons. The summed E-state index contributed by atoms with van der Waals surface area (Å²) in [6, 6.07) is 2.70. The van der Waals surface area contributed by atoms with E-state index >= 15 is 0 Å². The van der Waals surface area contributed by atoms with Crippen LogP contribution in [0.25, 0.3) is 0 Å². The lowest BCUT2D eigenvalue weighted by Gasteiger charge is -2.61. The average molecular weight is 529 g/mol. The monoisotopic (exact) mass is 528 g/mol. The van der Waals surface area contributed by atoms with Gasteiger partial charge in [-0.1, -0.05) is 6.92 Å². The number of methoxy groups -OCH3 is 2. The molecule has 4 aliphatic heterocycles. The average Bonchev–Trinajstić information content (AvgIpc) is 3.42. The first-order valence-electron chi connectivity index (χ1n) is 14.1. The van der Waals surface area contributed by atoms with E-state index in [1.165, 1.54) is 19.4 Å². The van der Waals surface area contributed by atoms with Crippen molar-refractivity contribution < 1.29 is 33.3 Å². The SMILES string of the molecule is CCC1COc2c(OC)c(OC)cc3c2N1C1CC(OC(C)=O)C2(CCOC(C)=O)CCCN4CCC31C42. The van der Waals surface area contributed by atoms with Gasteiger partial charge in [-0.25, -0.2) is 0 Å². The summed E-state index contributed by atoms with van der Waals surface area (Å²) in [5, 5.41) is 0. The topological polar surface area (TPSA) is 86.8 Å². The van der Waals surface area contributed by atoms with Crippen LogP contribution < -0.4 is 19.1 Å². The van der Waals surface area contributed by atoms with Gasteiger partial charge in [0.25, 0.3) is 0 Å². The molecule has 5 aliphatic rings. The van der Waals surface area contributed by atoms with Gasteiger partial charge in [0, 0.05) is 43.2 Å². The number of carbonyl (C=O) groups is 2. The van der Waals surface area contributed by atoms with Crippen molar-refractivity contribution >= 4 is 17.6 Å². The molecule has 0 radical (unpaired) electrons. The quantitative estimate of drug-likeness (QED) is 0.494. The summed E-state index contributed by atoms with van der Waals surface area (Å²) < 4.78 is 29.9. The Bertz CT molecular complexity index is 1140. The minimum Gasteiger partial charge on any atom is -0.493 e. The van der Waals surface area contributed by atoms with Crippen LogP contribution >= 0.6 is 0 Å². The van der Waals surface area contributed by atoms with Gasteiger partial charge in [-0.3, -0.25) is 14.5 Å². The van der Waals surface area contributed by atoms with Crippen molar-refractivity contribution in [2.75, 3.05) is 45.4 Å². The summed E-state index contributed by atoms with van der Waals surface area (Å²) in [4.78, 5) is 29.5. The molecule has 0 amide bonds.